The molecule has 0 amide bonds. The fourth-order valence-corrected chi connectivity index (χ4v) is 5.40. The Kier molecular flexibility index (Phi) is 4.62. The third-order valence-electron chi connectivity index (χ3n) is 5.60. The summed E-state index contributed by atoms with van der Waals surface area (Å²) in [6.07, 6.45) is 4.57. The number of aromatic amines is 1. The Balaban J connectivity index is 1.46. The number of hydrogen-bond acceptors (Lipinski definition) is 4. The number of thioether (sulfide) groups is 1. The van der Waals surface area contributed by atoms with Gasteiger partial charge in [0.15, 0.2) is 0 Å². The predicted octanol–water partition coefficient (Wildman–Crippen LogP) is 5.97. The third kappa shape index (κ3) is 3.11. The first-order valence-electron chi connectivity index (χ1n) is 9.75. The van der Waals surface area contributed by atoms with Crippen LogP contribution in [0.2, 0.25) is 5.02 Å². The number of benzene rings is 2. The molecule has 0 saturated carbocycles. The normalized spacial score (nSPS) is 23.0. The van der Waals surface area contributed by atoms with E-state index >= 15 is 0 Å². The Hall–Kier alpha value is -1.95. The molecule has 1 saturated heterocycles. The summed E-state index contributed by atoms with van der Waals surface area (Å²) in [5, 5.41) is 6.02. The number of nitrogens with zero attached hydrogens (tertiary/aromatic N) is 3. The number of hydrogen-bond donors (Lipinski definition) is 1. The van der Waals surface area contributed by atoms with Gasteiger partial charge in [-0.05, 0) is 49.9 Å². The maximum atomic E-state index is 6.30. The van der Waals surface area contributed by atoms with Crippen molar-refractivity contribution in [1.29, 1.82) is 0 Å². The van der Waals surface area contributed by atoms with Crippen molar-refractivity contribution >= 4 is 39.3 Å². The molecule has 28 heavy (non-hydrogen) atoms. The van der Waals surface area contributed by atoms with Crippen molar-refractivity contribution < 1.29 is 0 Å². The van der Waals surface area contributed by atoms with Crippen molar-refractivity contribution in [2.24, 2.45) is 0 Å². The van der Waals surface area contributed by atoms with Crippen LogP contribution in [0.5, 0.6) is 0 Å². The SMILES string of the molecule is Cc1cc2[nH]c(C3CCCN3N3C=C(c4ccccc4)SC3C)nc2cc1Cl. The van der Waals surface area contributed by atoms with Crippen LogP contribution in [0, 0.1) is 6.92 Å². The second-order valence-corrected chi connectivity index (χ2v) is 9.28. The van der Waals surface area contributed by atoms with Crippen LogP contribution in [0.4, 0.5) is 0 Å². The number of imidazole rings is 1. The summed E-state index contributed by atoms with van der Waals surface area (Å²) in [5.74, 6) is 1.04. The molecule has 0 aliphatic carbocycles. The molecule has 1 aromatic heterocycles. The standard InChI is InChI=1S/C22H23ClN4S/c1-14-11-18-19(12-17(14)23)25-22(24-18)20-9-6-10-26(20)27-13-21(28-15(27)2)16-7-4-3-5-8-16/h3-5,7-8,11-13,15,20H,6,9-10H2,1-2H3,(H,24,25). The molecule has 2 aliphatic heterocycles. The Labute approximate surface area is 174 Å². The van der Waals surface area contributed by atoms with Gasteiger partial charge in [-0.3, -0.25) is 5.01 Å². The molecule has 2 atom stereocenters. The second-order valence-electron chi connectivity index (χ2n) is 7.52. The topological polar surface area (TPSA) is 35.2 Å². The van der Waals surface area contributed by atoms with Crippen molar-refractivity contribution in [2.75, 3.05) is 6.54 Å². The van der Waals surface area contributed by atoms with E-state index in [4.69, 9.17) is 16.6 Å². The Bertz CT molecular complexity index is 1010. The first-order valence-corrected chi connectivity index (χ1v) is 11.0. The van der Waals surface area contributed by atoms with Gasteiger partial charge in [0.2, 0.25) is 0 Å². The molecule has 144 valence electrons. The molecule has 5 rings (SSSR count). The zero-order chi connectivity index (χ0) is 19.3. The molecule has 1 N–H and O–H groups in total. The van der Waals surface area contributed by atoms with Gasteiger partial charge in [0.1, 0.15) is 5.82 Å². The molecule has 0 bridgehead atoms. The summed E-state index contributed by atoms with van der Waals surface area (Å²) in [4.78, 5) is 9.76. The minimum Gasteiger partial charge on any atom is -0.341 e. The van der Waals surface area contributed by atoms with E-state index in [1.54, 1.807) is 0 Å². The Morgan fingerprint density at radius 2 is 2.04 bits per heavy atom. The number of hydrazine groups is 1. The highest BCUT2D eigenvalue weighted by Crippen LogP contribution is 2.44. The van der Waals surface area contributed by atoms with Crippen LogP contribution in [0.1, 0.15) is 42.8 Å². The molecule has 0 radical (unpaired) electrons. The lowest BCUT2D eigenvalue weighted by atomic mass is 10.2. The molecule has 4 nitrogen and oxygen atoms in total. The van der Waals surface area contributed by atoms with E-state index in [1.807, 2.05) is 24.8 Å². The summed E-state index contributed by atoms with van der Waals surface area (Å²) < 4.78 is 0. The van der Waals surface area contributed by atoms with E-state index in [9.17, 15) is 0 Å². The summed E-state index contributed by atoms with van der Waals surface area (Å²) in [6, 6.07) is 15.0. The maximum absolute atomic E-state index is 6.30. The summed E-state index contributed by atoms with van der Waals surface area (Å²) >= 11 is 8.22. The average Bonchev–Trinajstić information content (AvgIpc) is 3.40. The van der Waals surface area contributed by atoms with E-state index in [0.717, 1.165) is 40.4 Å². The molecule has 1 fully saturated rings. The molecule has 2 unspecified atom stereocenters. The largest absolute Gasteiger partial charge is 0.341 e. The quantitative estimate of drug-likeness (QED) is 0.576. The van der Waals surface area contributed by atoms with Crippen molar-refractivity contribution in [1.82, 2.24) is 20.0 Å². The monoisotopic (exact) mass is 410 g/mol. The fourth-order valence-electron chi connectivity index (χ4n) is 4.14. The summed E-state index contributed by atoms with van der Waals surface area (Å²) in [6.45, 7) is 5.35. The van der Waals surface area contributed by atoms with Crippen LogP contribution in [0.15, 0.2) is 48.7 Å². The van der Waals surface area contributed by atoms with Crippen molar-refractivity contribution in [2.45, 2.75) is 38.1 Å². The highest BCUT2D eigenvalue weighted by atomic mass is 35.5. The van der Waals surface area contributed by atoms with Gasteiger partial charge in [0, 0.05) is 22.7 Å². The van der Waals surface area contributed by atoms with Gasteiger partial charge in [0.05, 0.1) is 22.4 Å². The van der Waals surface area contributed by atoms with E-state index in [1.165, 1.54) is 16.9 Å². The zero-order valence-electron chi connectivity index (χ0n) is 16.0. The lowest BCUT2D eigenvalue weighted by Crippen LogP contribution is -2.41. The lowest BCUT2D eigenvalue weighted by Gasteiger charge is -2.35. The predicted molar refractivity (Wildman–Crippen MR) is 118 cm³/mol. The number of rotatable bonds is 3. The van der Waals surface area contributed by atoms with E-state index in [0.29, 0.717) is 5.37 Å². The number of nitrogens with one attached hydrogen (secondary N) is 1. The fraction of sp³-hybridized carbons (Fsp3) is 0.318. The summed E-state index contributed by atoms with van der Waals surface area (Å²) in [7, 11) is 0. The molecule has 3 aromatic rings. The van der Waals surface area contributed by atoms with Crippen LogP contribution >= 0.6 is 23.4 Å². The number of aryl methyl sites for hydroxylation is 1. The number of H-pyrrole nitrogens is 1. The van der Waals surface area contributed by atoms with Gasteiger partial charge in [-0.2, -0.15) is 0 Å². The van der Waals surface area contributed by atoms with Crippen LogP contribution in [0.3, 0.4) is 0 Å². The smallest absolute Gasteiger partial charge is 0.126 e. The van der Waals surface area contributed by atoms with Crippen molar-refractivity contribution in [3.05, 3.63) is 70.6 Å². The number of aromatic nitrogens is 2. The Morgan fingerprint density at radius 1 is 1.21 bits per heavy atom. The van der Waals surface area contributed by atoms with Crippen LogP contribution in [-0.2, 0) is 0 Å². The second kappa shape index (κ2) is 7.14. The highest BCUT2D eigenvalue weighted by Gasteiger charge is 2.36. The van der Waals surface area contributed by atoms with E-state index in [-0.39, 0.29) is 6.04 Å². The van der Waals surface area contributed by atoms with Crippen LogP contribution in [0.25, 0.3) is 15.9 Å². The highest BCUT2D eigenvalue weighted by molar-refractivity contribution is 8.09. The van der Waals surface area contributed by atoms with Crippen molar-refractivity contribution in [3.63, 3.8) is 0 Å². The van der Waals surface area contributed by atoms with Gasteiger partial charge < -0.3 is 4.98 Å². The Morgan fingerprint density at radius 3 is 2.86 bits per heavy atom. The van der Waals surface area contributed by atoms with Gasteiger partial charge >= 0.3 is 0 Å². The first-order chi connectivity index (χ1) is 13.6. The van der Waals surface area contributed by atoms with Crippen LogP contribution < -0.4 is 0 Å². The van der Waals surface area contributed by atoms with E-state index < -0.39 is 0 Å². The molecule has 0 spiro atoms. The number of fused-ring (bicyclic) bond motifs is 1. The molecule has 6 heteroatoms. The molecule has 2 aromatic carbocycles. The molecule has 3 heterocycles. The third-order valence-corrected chi connectivity index (χ3v) is 7.15. The molecular formula is C22H23ClN4S. The minimum absolute atomic E-state index is 0.265. The minimum atomic E-state index is 0.265. The first kappa shape index (κ1) is 18.1. The number of halogens is 1. The zero-order valence-corrected chi connectivity index (χ0v) is 17.6. The van der Waals surface area contributed by atoms with Gasteiger partial charge in [-0.15, -0.1) is 0 Å². The average molecular weight is 411 g/mol. The van der Waals surface area contributed by atoms with E-state index in [2.05, 4.69) is 64.5 Å². The van der Waals surface area contributed by atoms with Gasteiger partial charge in [-0.1, -0.05) is 53.7 Å². The van der Waals surface area contributed by atoms with Gasteiger partial charge in [-0.25, -0.2) is 9.99 Å². The van der Waals surface area contributed by atoms with Crippen LogP contribution in [-0.4, -0.2) is 31.9 Å². The molecule has 2 aliphatic rings. The lowest BCUT2D eigenvalue weighted by molar-refractivity contribution is 0.00255. The van der Waals surface area contributed by atoms with Gasteiger partial charge in [0.25, 0.3) is 0 Å². The van der Waals surface area contributed by atoms with Crippen molar-refractivity contribution in [3.8, 4) is 0 Å². The molecular weight excluding hydrogens is 388 g/mol. The summed E-state index contributed by atoms with van der Waals surface area (Å²) in [5.41, 5.74) is 4.37. The maximum Gasteiger partial charge on any atom is 0.126 e.